The Morgan fingerprint density at radius 2 is 1.32 bits per heavy atom. The van der Waals surface area contributed by atoms with Gasteiger partial charge in [0.2, 0.25) is 0 Å². The summed E-state index contributed by atoms with van der Waals surface area (Å²) in [6.45, 7) is 3.39. The summed E-state index contributed by atoms with van der Waals surface area (Å²) < 4.78 is 116. The van der Waals surface area contributed by atoms with Crippen molar-refractivity contribution in [2.75, 3.05) is 0 Å². The molecular formula is C18H13F9N+. The topological polar surface area (TPSA) is 26.0 Å². The van der Waals surface area contributed by atoms with Gasteiger partial charge in [0.1, 0.15) is 0 Å². The van der Waals surface area contributed by atoms with Crippen molar-refractivity contribution >= 4 is 0 Å². The lowest BCUT2D eigenvalue weighted by Crippen LogP contribution is -2.19. The lowest BCUT2D eigenvalue weighted by atomic mass is 9.88. The fourth-order valence-corrected chi connectivity index (χ4v) is 2.61. The molecule has 1 nitrogen and oxygen atoms in total. The molecule has 152 valence electrons. The van der Waals surface area contributed by atoms with Crippen LogP contribution in [-0.2, 0) is 12.4 Å². The lowest BCUT2D eigenvalue weighted by molar-refractivity contribution is -0.143. The van der Waals surface area contributed by atoms with Crippen molar-refractivity contribution in [2.45, 2.75) is 31.0 Å². The second-order valence-electron chi connectivity index (χ2n) is 6.19. The summed E-state index contributed by atoms with van der Waals surface area (Å²) in [5, 5.41) is 0. The highest BCUT2D eigenvalue weighted by Gasteiger charge is 2.41. The molecule has 1 atom stereocenters. The van der Waals surface area contributed by atoms with Gasteiger partial charge in [-0.25, -0.2) is 0 Å². The minimum absolute atomic E-state index is 0.0155. The number of hydrogen-bond acceptors (Lipinski definition) is 1. The van der Waals surface area contributed by atoms with E-state index in [1.807, 2.05) is 0 Å². The Bertz CT molecular complexity index is 791. The van der Waals surface area contributed by atoms with Crippen molar-refractivity contribution in [3.63, 3.8) is 0 Å². The maximum atomic E-state index is 12.9. The number of hydrogen-bond donors (Lipinski definition) is 1. The number of rotatable bonds is 3. The van der Waals surface area contributed by atoms with E-state index in [1.165, 1.54) is 6.08 Å². The molecule has 1 aromatic carbocycles. The summed E-state index contributed by atoms with van der Waals surface area (Å²) in [5.74, 6) is 0. The van der Waals surface area contributed by atoms with Crippen molar-refractivity contribution < 1.29 is 39.5 Å². The molecule has 0 aliphatic heterocycles. The minimum atomic E-state index is -5.05. The summed E-state index contributed by atoms with van der Waals surface area (Å²) in [7, 11) is 0. The fourth-order valence-electron chi connectivity index (χ4n) is 2.61. The first-order valence-electron chi connectivity index (χ1n) is 7.65. The van der Waals surface area contributed by atoms with E-state index < -0.39 is 53.3 Å². The monoisotopic (exact) mass is 414 g/mol. The number of nitrogens with two attached hydrogens (primary N) is 1. The van der Waals surface area contributed by atoms with Crippen LogP contribution in [0.5, 0.6) is 0 Å². The third-order valence-corrected chi connectivity index (χ3v) is 3.87. The average molecular weight is 414 g/mol. The van der Waals surface area contributed by atoms with E-state index in [0.717, 1.165) is 12.5 Å². The Kier molecular flexibility index (Phi) is 5.66. The molecule has 0 heterocycles. The number of halogens is 9. The Morgan fingerprint density at radius 1 is 0.821 bits per heavy atom. The summed E-state index contributed by atoms with van der Waals surface area (Å²) >= 11 is 0. The summed E-state index contributed by atoms with van der Waals surface area (Å²) in [4.78, 5) is 0. The van der Waals surface area contributed by atoms with Crippen LogP contribution in [0.3, 0.4) is 0 Å². The van der Waals surface area contributed by atoms with Crippen LogP contribution in [0, 0.1) is 6.42 Å². The lowest BCUT2D eigenvalue weighted by Gasteiger charge is -2.19. The molecule has 10 heteroatoms. The van der Waals surface area contributed by atoms with Crippen molar-refractivity contribution in [3.8, 4) is 0 Å². The van der Waals surface area contributed by atoms with E-state index >= 15 is 0 Å². The summed E-state index contributed by atoms with van der Waals surface area (Å²) in [6, 6.07) is -0.530. The first-order chi connectivity index (χ1) is 12.6. The van der Waals surface area contributed by atoms with Gasteiger partial charge >= 0.3 is 18.5 Å². The number of allylic oxidation sites excluding steroid dienone is 4. The highest BCUT2D eigenvalue weighted by Crippen LogP contribution is 2.39. The van der Waals surface area contributed by atoms with E-state index in [-0.39, 0.29) is 17.2 Å². The van der Waals surface area contributed by atoms with E-state index in [4.69, 9.17) is 5.73 Å². The quantitative estimate of drug-likeness (QED) is 0.456. The van der Waals surface area contributed by atoms with Gasteiger partial charge in [-0.2, -0.15) is 39.5 Å². The predicted molar refractivity (Wildman–Crippen MR) is 83.7 cm³/mol. The van der Waals surface area contributed by atoms with Gasteiger partial charge in [0.15, 0.2) is 5.57 Å². The van der Waals surface area contributed by atoms with Gasteiger partial charge in [-0.05, 0) is 23.8 Å². The predicted octanol–water partition coefficient (Wildman–Crippen LogP) is 6.30. The standard InChI is InChI=1S/C18H13F9N/c1-9-2-10(4-12(3-9)16(19,20)21)5-15(28)11-6-13(17(22,23)24)8-14(7-11)18(25,26)27/h2-4,6-8,15H,1,5,28H2/q+1/t15-/m0/s1. The van der Waals surface area contributed by atoms with Gasteiger partial charge in [-0.1, -0.05) is 6.58 Å². The molecule has 2 N–H and O–H groups in total. The fraction of sp³-hybridized carbons (Fsp3) is 0.278. The Hall–Kier alpha value is -2.36. The molecule has 0 saturated heterocycles. The van der Waals surface area contributed by atoms with Crippen LogP contribution in [0.4, 0.5) is 39.5 Å². The molecule has 0 fully saturated rings. The maximum Gasteiger partial charge on any atom is 0.441 e. The van der Waals surface area contributed by atoms with Crippen molar-refractivity contribution in [1.29, 1.82) is 0 Å². The van der Waals surface area contributed by atoms with E-state index in [9.17, 15) is 39.5 Å². The second-order valence-corrected chi connectivity index (χ2v) is 6.19. The SMILES string of the molecule is C=C1C=C(C[C@H](N)c2cc(C(F)(F)F)cc(C(F)(F)F)c2)[CH+]C(C(F)(F)F)=C1. The molecule has 1 aliphatic rings. The van der Waals surface area contributed by atoms with Crippen LogP contribution in [0.2, 0.25) is 0 Å². The van der Waals surface area contributed by atoms with Gasteiger partial charge < -0.3 is 5.73 Å². The molecule has 0 saturated carbocycles. The molecule has 0 amide bonds. The highest BCUT2D eigenvalue weighted by atomic mass is 19.4. The van der Waals surface area contributed by atoms with Gasteiger partial charge in [0.05, 0.1) is 34.8 Å². The summed E-state index contributed by atoms with van der Waals surface area (Å²) in [6.07, 6.45) is -12.5. The van der Waals surface area contributed by atoms with Crippen molar-refractivity contribution in [1.82, 2.24) is 0 Å². The second kappa shape index (κ2) is 7.23. The van der Waals surface area contributed by atoms with Crippen molar-refractivity contribution in [3.05, 3.63) is 76.8 Å². The third-order valence-electron chi connectivity index (χ3n) is 3.87. The van der Waals surface area contributed by atoms with Gasteiger partial charge in [-0.3, -0.25) is 0 Å². The van der Waals surface area contributed by atoms with Crippen LogP contribution >= 0.6 is 0 Å². The molecule has 0 spiro atoms. The maximum absolute atomic E-state index is 12.9. The van der Waals surface area contributed by atoms with Gasteiger partial charge in [0, 0.05) is 18.5 Å². The zero-order valence-corrected chi connectivity index (χ0v) is 13.9. The molecule has 0 radical (unpaired) electrons. The first-order valence-corrected chi connectivity index (χ1v) is 7.65. The zero-order valence-electron chi connectivity index (χ0n) is 13.9. The molecule has 0 unspecified atom stereocenters. The molecule has 1 aliphatic carbocycles. The normalized spacial score (nSPS) is 17.0. The molecular weight excluding hydrogens is 401 g/mol. The van der Waals surface area contributed by atoms with E-state index in [1.54, 1.807) is 0 Å². The largest absolute Gasteiger partial charge is 0.441 e. The first kappa shape index (κ1) is 21.9. The molecule has 0 aromatic heterocycles. The zero-order chi connectivity index (χ0) is 21.5. The Morgan fingerprint density at radius 3 is 1.75 bits per heavy atom. The van der Waals surface area contributed by atoms with Gasteiger partial charge in [0.25, 0.3) is 0 Å². The van der Waals surface area contributed by atoms with Crippen LogP contribution in [0.25, 0.3) is 0 Å². The third kappa shape index (κ3) is 5.34. The van der Waals surface area contributed by atoms with E-state index in [0.29, 0.717) is 12.1 Å². The Labute approximate surface area is 154 Å². The number of benzene rings is 1. The summed E-state index contributed by atoms with van der Waals surface area (Å²) in [5.41, 5.74) is 1.06. The van der Waals surface area contributed by atoms with E-state index in [2.05, 4.69) is 6.58 Å². The van der Waals surface area contributed by atoms with Crippen LogP contribution in [0.15, 0.2) is 53.6 Å². The van der Waals surface area contributed by atoms with Crippen LogP contribution < -0.4 is 5.73 Å². The molecule has 28 heavy (non-hydrogen) atoms. The number of alkyl halides is 9. The van der Waals surface area contributed by atoms with Crippen LogP contribution in [-0.4, -0.2) is 6.18 Å². The molecule has 1 aromatic rings. The van der Waals surface area contributed by atoms with Gasteiger partial charge in [-0.15, -0.1) is 0 Å². The van der Waals surface area contributed by atoms with Crippen LogP contribution in [0.1, 0.15) is 29.2 Å². The Balaban J connectivity index is 2.34. The molecule has 0 bridgehead atoms. The minimum Gasteiger partial charge on any atom is -0.324 e. The average Bonchev–Trinajstić information content (AvgIpc) is 2.51. The smallest absolute Gasteiger partial charge is 0.324 e. The molecule has 2 rings (SSSR count). The van der Waals surface area contributed by atoms with Crippen molar-refractivity contribution in [2.24, 2.45) is 5.73 Å². The highest BCUT2D eigenvalue weighted by molar-refractivity contribution is 5.49.